The van der Waals surface area contributed by atoms with Gasteiger partial charge >= 0.3 is 0 Å². The highest BCUT2D eigenvalue weighted by atomic mass is 35.5. The second-order valence-corrected chi connectivity index (χ2v) is 9.73. The number of carbonyl (C=O) groups excluding carboxylic acids is 1. The molecule has 0 radical (unpaired) electrons. The van der Waals surface area contributed by atoms with Crippen molar-refractivity contribution in [2.24, 2.45) is 0 Å². The van der Waals surface area contributed by atoms with Gasteiger partial charge in [-0.2, -0.15) is 0 Å². The fourth-order valence-electron chi connectivity index (χ4n) is 5.76. The summed E-state index contributed by atoms with van der Waals surface area (Å²) in [6, 6.07) is 16.2. The van der Waals surface area contributed by atoms with Crippen molar-refractivity contribution in [3.8, 4) is 0 Å². The van der Waals surface area contributed by atoms with Gasteiger partial charge in [0.15, 0.2) is 5.11 Å². The molecule has 6 rings (SSSR count). The summed E-state index contributed by atoms with van der Waals surface area (Å²) in [6.45, 7) is 0. The number of para-hydroxylation sites is 1. The molecule has 1 aromatic heterocycles. The van der Waals surface area contributed by atoms with Crippen molar-refractivity contribution < 1.29 is 4.79 Å². The molecule has 4 nitrogen and oxygen atoms in total. The van der Waals surface area contributed by atoms with Gasteiger partial charge in [0, 0.05) is 34.1 Å². The van der Waals surface area contributed by atoms with Crippen molar-refractivity contribution >= 4 is 45.7 Å². The lowest BCUT2D eigenvalue weighted by molar-refractivity contribution is -0.130. The minimum atomic E-state index is -0.248. The number of rotatable bonds is 2. The molecule has 0 bridgehead atoms. The Kier molecular flexibility index (Phi) is 4.58. The van der Waals surface area contributed by atoms with Crippen LogP contribution in [0.25, 0.3) is 10.9 Å². The van der Waals surface area contributed by atoms with Crippen molar-refractivity contribution in [2.45, 2.75) is 56.7 Å². The lowest BCUT2D eigenvalue weighted by atomic mass is 9.89. The Morgan fingerprint density at radius 2 is 1.74 bits per heavy atom. The van der Waals surface area contributed by atoms with E-state index in [0.717, 1.165) is 29.6 Å². The van der Waals surface area contributed by atoms with Crippen LogP contribution in [0, 0.1) is 0 Å². The summed E-state index contributed by atoms with van der Waals surface area (Å²) in [5.41, 5.74) is 4.58. The summed E-state index contributed by atoms with van der Waals surface area (Å²) in [6.07, 6.45) is 6.38. The topological polar surface area (TPSA) is 39.3 Å². The number of hydrogen-bond acceptors (Lipinski definition) is 2. The van der Waals surface area contributed by atoms with Crippen LogP contribution in [-0.4, -0.2) is 37.9 Å². The van der Waals surface area contributed by atoms with E-state index in [4.69, 9.17) is 23.8 Å². The van der Waals surface area contributed by atoms with Crippen LogP contribution in [0.4, 0.5) is 0 Å². The molecule has 2 aromatic carbocycles. The smallest absolute Gasteiger partial charge is 0.252 e. The first-order valence-corrected chi connectivity index (χ1v) is 11.9. The molecule has 1 amide bonds. The zero-order chi connectivity index (χ0) is 21.1. The number of fused-ring (bicyclic) bond motifs is 4. The monoisotopic (exact) mass is 449 g/mol. The van der Waals surface area contributed by atoms with Gasteiger partial charge in [0.1, 0.15) is 6.04 Å². The first-order chi connectivity index (χ1) is 15.1. The van der Waals surface area contributed by atoms with Gasteiger partial charge in [0.2, 0.25) is 0 Å². The number of aromatic amines is 1. The number of benzene rings is 2. The predicted molar refractivity (Wildman–Crippen MR) is 127 cm³/mol. The number of amides is 1. The molecule has 158 valence electrons. The lowest BCUT2D eigenvalue weighted by Crippen LogP contribution is -2.44. The highest BCUT2D eigenvalue weighted by molar-refractivity contribution is 7.80. The quantitative estimate of drug-likeness (QED) is 0.518. The Balaban J connectivity index is 1.51. The Hall–Kier alpha value is -2.37. The molecule has 2 fully saturated rings. The standard InChI is InChI=1S/C25H24ClN3OS/c26-16-12-10-15(11-13-16)23-22-19(18-8-4-5-9-20(18)27-22)14-21-24(30)28(25(31)29(21)23)17-6-2-1-3-7-17/h4-5,8-13,17,21,23,27H,1-3,6-7,14H2/t21-,23+/m0/s1. The molecule has 3 heterocycles. The van der Waals surface area contributed by atoms with Gasteiger partial charge in [-0.3, -0.25) is 9.69 Å². The number of nitrogens with one attached hydrogen (secondary N) is 1. The third-order valence-corrected chi connectivity index (χ3v) is 7.87. The molecule has 1 aliphatic carbocycles. The number of H-pyrrole nitrogens is 1. The molecule has 31 heavy (non-hydrogen) atoms. The summed E-state index contributed by atoms with van der Waals surface area (Å²) in [4.78, 5) is 21.5. The molecule has 3 aromatic rings. The van der Waals surface area contributed by atoms with Crippen molar-refractivity contribution in [1.29, 1.82) is 0 Å². The fraction of sp³-hybridized carbons (Fsp3) is 0.360. The van der Waals surface area contributed by atoms with Crippen LogP contribution in [0.15, 0.2) is 48.5 Å². The van der Waals surface area contributed by atoms with Crippen LogP contribution >= 0.6 is 23.8 Å². The largest absolute Gasteiger partial charge is 0.356 e. The fourth-order valence-corrected chi connectivity index (χ4v) is 6.36. The third kappa shape index (κ3) is 2.94. The van der Waals surface area contributed by atoms with E-state index in [1.807, 2.05) is 23.1 Å². The Labute approximate surface area is 192 Å². The number of thiocarbonyl (C=S) groups is 1. The zero-order valence-electron chi connectivity index (χ0n) is 17.2. The molecule has 1 N–H and O–H groups in total. The summed E-state index contributed by atoms with van der Waals surface area (Å²) >= 11 is 12.2. The summed E-state index contributed by atoms with van der Waals surface area (Å²) in [7, 11) is 0. The lowest BCUT2D eigenvalue weighted by Gasteiger charge is -2.38. The maximum atomic E-state index is 13.7. The van der Waals surface area contributed by atoms with E-state index in [2.05, 4.69) is 40.2 Å². The number of hydrogen-bond donors (Lipinski definition) is 1. The summed E-state index contributed by atoms with van der Waals surface area (Å²) < 4.78 is 0. The van der Waals surface area contributed by atoms with Gasteiger partial charge in [-0.15, -0.1) is 0 Å². The van der Waals surface area contributed by atoms with Crippen LogP contribution in [0.1, 0.15) is 55.0 Å². The van der Waals surface area contributed by atoms with Gasteiger partial charge in [0.25, 0.3) is 5.91 Å². The molecule has 0 unspecified atom stereocenters. The third-order valence-electron chi connectivity index (χ3n) is 7.21. The van der Waals surface area contributed by atoms with Gasteiger partial charge in [0.05, 0.1) is 6.04 Å². The molecule has 6 heteroatoms. The van der Waals surface area contributed by atoms with Crippen molar-refractivity contribution in [1.82, 2.24) is 14.8 Å². The van der Waals surface area contributed by atoms with E-state index in [1.54, 1.807) is 0 Å². The second kappa shape index (κ2) is 7.35. The second-order valence-electron chi connectivity index (χ2n) is 8.93. The van der Waals surface area contributed by atoms with Crippen LogP contribution in [0.2, 0.25) is 5.02 Å². The highest BCUT2D eigenvalue weighted by Crippen LogP contribution is 2.45. The minimum absolute atomic E-state index is 0.122. The maximum Gasteiger partial charge on any atom is 0.252 e. The van der Waals surface area contributed by atoms with Crippen LogP contribution in [0.5, 0.6) is 0 Å². The molecule has 2 aliphatic heterocycles. The van der Waals surface area contributed by atoms with E-state index in [1.165, 1.54) is 30.2 Å². The Morgan fingerprint density at radius 1 is 1.00 bits per heavy atom. The predicted octanol–water partition coefficient (Wildman–Crippen LogP) is 5.60. The van der Waals surface area contributed by atoms with Crippen LogP contribution in [-0.2, 0) is 11.2 Å². The maximum absolute atomic E-state index is 13.7. The SMILES string of the molecule is O=C1[C@@H]2Cc3c([nH]c4ccccc34)[C@@H](c3ccc(Cl)cc3)N2C(=S)N1C1CCCCC1. The number of carbonyl (C=O) groups is 1. The van der Waals surface area contributed by atoms with E-state index >= 15 is 0 Å². The van der Waals surface area contributed by atoms with Crippen LogP contribution < -0.4 is 0 Å². The van der Waals surface area contributed by atoms with Crippen molar-refractivity contribution in [3.63, 3.8) is 0 Å². The van der Waals surface area contributed by atoms with E-state index in [0.29, 0.717) is 16.6 Å². The first-order valence-electron chi connectivity index (χ1n) is 11.1. The molecule has 3 aliphatic rings. The Morgan fingerprint density at radius 3 is 2.52 bits per heavy atom. The van der Waals surface area contributed by atoms with Gasteiger partial charge < -0.3 is 9.88 Å². The van der Waals surface area contributed by atoms with Gasteiger partial charge in [-0.25, -0.2) is 0 Å². The Bertz CT molecular complexity index is 1180. The number of halogens is 1. The van der Waals surface area contributed by atoms with E-state index in [9.17, 15) is 4.79 Å². The van der Waals surface area contributed by atoms with Crippen LogP contribution in [0.3, 0.4) is 0 Å². The summed E-state index contributed by atoms with van der Waals surface area (Å²) in [5, 5.41) is 2.59. The zero-order valence-corrected chi connectivity index (χ0v) is 18.8. The normalized spacial score (nSPS) is 24.0. The van der Waals surface area contributed by atoms with Gasteiger partial charge in [-0.1, -0.05) is 61.2 Å². The van der Waals surface area contributed by atoms with Gasteiger partial charge in [-0.05, 0) is 54.4 Å². The average molecular weight is 450 g/mol. The highest BCUT2D eigenvalue weighted by Gasteiger charge is 2.52. The number of aromatic nitrogens is 1. The first kappa shape index (κ1) is 19.3. The molecular weight excluding hydrogens is 426 g/mol. The molecule has 2 atom stereocenters. The average Bonchev–Trinajstić information content (AvgIpc) is 3.29. The molecule has 0 spiro atoms. The minimum Gasteiger partial charge on any atom is -0.356 e. The molecular formula is C25H24ClN3OS. The van der Waals surface area contributed by atoms with E-state index in [-0.39, 0.29) is 24.0 Å². The molecule has 1 saturated heterocycles. The van der Waals surface area contributed by atoms with Crippen molar-refractivity contribution in [3.05, 3.63) is 70.4 Å². The number of nitrogens with zero attached hydrogens (tertiary/aromatic N) is 2. The summed E-state index contributed by atoms with van der Waals surface area (Å²) in [5.74, 6) is 0.173. The van der Waals surface area contributed by atoms with E-state index < -0.39 is 0 Å². The molecule has 1 saturated carbocycles. The van der Waals surface area contributed by atoms with Crippen molar-refractivity contribution in [2.75, 3.05) is 0 Å².